The second kappa shape index (κ2) is 8.55. The van der Waals surface area contributed by atoms with Crippen LogP contribution in [0.15, 0.2) is 53.5 Å². The molecule has 0 bridgehead atoms. The number of hydrogen-bond acceptors (Lipinski definition) is 3. The Bertz CT molecular complexity index is 1230. The van der Waals surface area contributed by atoms with Crippen molar-refractivity contribution in [2.45, 2.75) is 32.0 Å². The molecule has 0 fully saturated rings. The van der Waals surface area contributed by atoms with Crippen molar-refractivity contribution in [2.24, 2.45) is 5.73 Å². The number of benzene rings is 2. The molecule has 5 nitrogen and oxygen atoms in total. The SMILES string of the molecule is C[C@@H](C(N)=O)n1ccc2c(C(=O)CCc3ccc(Cl)c(C(F)(F)F)c3)cccc2c1=O. The molecular weight excluding hydrogens is 433 g/mol. The van der Waals surface area contributed by atoms with Gasteiger partial charge >= 0.3 is 6.18 Å². The van der Waals surface area contributed by atoms with Gasteiger partial charge in [-0.1, -0.05) is 29.8 Å². The molecule has 0 aliphatic rings. The number of primary amides is 1. The van der Waals surface area contributed by atoms with Gasteiger partial charge in [0.05, 0.1) is 10.6 Å². The molecule has 1 atom stereocenters. The zero-order valence-corrected chi connectivity index (χ0v) is 17.1. The molecule has 0 radical (unpaired) electrons. The Hall–Kier alpha value is -3.13. The summed E-state index contributed by atoms with van der Waals surface area (Å²) in [6.07, 6.45) is -3.18. The summed E-state index contributed by atoms with van der Waals surface area (Å²) in [6.45, 7) is 1.49. The summed E-state index contributed by atoms with van der Waals surface area (Å²) in [5, 5.41) is 0.239. The molecule has 0 saturated heterocycles. The highest BCUT2D eigenvalue weighted by Gasteiger charge is 2.33. The van der Waals surface area contributed by atoms with E-state index in [1.165, 1.54) is 29.8 Å². The molecule has 0 unspecified atom stereocenters. The van der Waals surface area contributed by atoms with Crippen LogP contribution in [0.2, 0.25) is 5.02 Å². The number of aryl methyl sites for hydroxylation is 1. The van der Waals surface area contributed by atoms with Crippen molar-refractivity contribution >= 4 is 34.1 Å². The molecule has 3 rings (SSSR count). The van der Waals surface area contributed by atoms with Crippen molar-refractivity contribution in [3.63, 3.8) is 0 Å². The van der Waals surface area contributed by atoms with Gasteiger partial charge in [0.2, 0.25) is 5.91 Å². The van der Waals surface area contributed by atoms with E-state index >= 15 is 0 Å². The Morgan fingerprint density at radius 3 is 2.48 bits per heavy atom. The number of ketones is 1. The first-order chi connectivity index (χ1) is 14.5. The predicted octanol–water partition coefficient (Wildman–Crippen LogP) is 4.54. The predicted molar refractivity (Wildman–Crippen MR) is 111 cm³/mol. The zero-order chi connectivity index (χ0) is 22.9. The van der Waals surface area contributed by atoms with E-state index < -0.39 is 34.3 Å². The van der Waals surface area contributed by atoms with Crippen LogP contribution in [0.4, 0.5) is 13.2 Å². The number of nitrogens with two attached hydrogens (primary N) is 1. The maximum absolute atomic E-state index is 13.0. The maximum Gasteiger partial charge on any atom is 0.417 e. The van der Waals surface area contributed by atoms with Crippen LogP contribution < -0.4 is 11.3 Å². The third kappa shape index (κ3) is 4.64. The Balaban J connectivity index is 1.89. The van der Waals surface area contributed by atoms with E-state index in [4.69, 9.17) is 17.3 Å². The fourth-order valence-corrected chi connectivity index (χ4v) is 3.54. The van der Waals surface area contributed by atoms with E-state index in [0.29, 0.717) is 10.9 Å². The average Bonchev–Trinajstić information content (AvgIpc) is 2.71. The summed E-state index contributed by atoms with van der Waals surface area (Å²) in [4.78, 5) is 36.9. The smallest absolute Gasteiger partial charge is 0.368 e. The lowest BCUT2D eigenvalue weighted by Gasteiger charge is -2.14. The number of alkyl halides is 3. The quantitative estimate of drug-likeness (QED) is 0.560. The second-order valence-electron chi connectivity index (χ2n) is 7.11. The normalized spacial score (nSPS) is 12.7. The van der Waals surface area contributed by atoms with Crippen LogP contribution >= 0.6 is 11.6 Å². The number of amides is 1. The minimum atomic E-state index is -4.59. The topological polar surface area (TPSA) is 82.2 Å². The third-order valence-corrected chi connectivity index (χ3v) is 5.41. The molecule has 3 aromatic rings. The lowest BCUT2D eigenvalue weighted by Crippen LogP contribution is -2.31. The molecule has 0 aliphatic carbocycles. The van der Waals surface area contributed by atoms with Gasteiger partial charge in [-0.2, -0.15) is 13.2 Å². The Labute approximate surface area is 180 Å². The van der Waals surface area contributed by atoms with Gasteiger partial charge in [-0.05, 0) is 48.6 Å². The van der Waals surface area contributed by atoms with Crippen LogP contribution in [0.5, 0.6) is 0 Å². The van der Waals surface area contributed by atoms with Crippen molar-refractivity contribution in [1.82, 2.24) is 4.57 Å². The van der Waals surface area contributed by atoms with Crippen molar-refractivity contribution in [2.75, 3.05) is 0 Å². The fraction of sp³-hybridized carbons (Fsp3) is 0.227. The van der Waals surface area contributed by atoms with Gasteiger partial charge in [-0.3, -0.25) is 14.4 Å². The number of aromatic nitrogens is 1. The van der Waals surface area contributed by atoms with Crippen molar-refractivity contribution in [3.05, 3.63) is 80.7 Å². The number of nitrogens with zero attached hydrogens (tertiary/aromatic N) is 1. The molecule has 1 heterocycles. The van der Waals surface area contributed by atoms with Crippen molar-refractivity contribution in [3.8, 4) is 0 Å². The summed E-state index contributed by atoms with van der Waals surface area (Å²) in [6, 6.07) is 8.85. The minimum absolute atomic E-state index is 0.0567. The van der Waals surface area contributed by atoms with Crippen molar-refractivity contribution < 1.29 is 22.8 Å². The third-order valence-electron chi connectivity index (χ3n) is 5.08. The van der Waals surface area contributed by atoms with E-state index in [-0.39, 0.29) is 29.6 Å². The molecule has 9 heteroatoms. The first-order valence-electron chi connectivity index (χ1n) is 9.32. The van der Waals surface area contributed by atoms with E-state index in [0.717, 1.165) is 12.1 Å². The maximum atomic E-state index is 13.0. The second-order valence-corrected chi connectivity index (χ2v) is 7.52. The van der Waals surface area contributed by atoms with Gasteiger partial charge < -0.3 is 10.3 Å². The fourth-order valence-electron chi connectivity index (χ4n) is 3.32. The number of hydrogen-bond donors (Lipinski definition) is 1. The molecule has 0 aliphatic heterocycles. The monoisotopic (exact) mass is 450 g/mol. The van der Waals surface area contributed by atoms with Crippen LogP contribution in [-0.4, -0.2) is 16.3 Å². The van der Waals surface area contributed by atoms with E-state index in [1.54, 1.807) is 18.2 Å². The van der Waals surface area contributed by atoms with E-state index in [2.05, 4.69) is 0 Å². The number of halogens is 4. The molecule has 1 aromatic heterocycles. The minimum Gasteiger partial charge on any atom is -0.368 e. The summed E-state index contributed by atoms with van der Waals surface area (Å²) in [5.74, 6) is -0.996. The Morgan fingerprint density at radius 1 is 1.13 bits per heavy atom. The van der Waals surface area contributed by atoms with E-state index in [9.17, 15) is 27.6 Å². The highest BCUT2D eigenvalue weighted by molar-refractivity contribution is 6.31. The molecule has 1 amide bonds. The van der Waals surface area contributed by atoms with Crippen LogP contribution in [0.1, 0.15) is 40.9 Å². The average molecular weight is 451 g/mol. The first kappa shape index (κ1) is 22.6. The van der Waals surface area contributed by atoms with Crippen LogP contribution in [0.25, 0.3) is 10.8 Å². The Morgan fingerprint density at radius 2 is 1.84 bits per heavy atom. The van der Waals surface area contributed by atoms with Gasteiger partial charge in [0.25, 0.3) is 5.56 Å². The number of carbonyl (C=O) groups excluding carboxylic acids is 2. The lowest BCUT2D eigenvalue weighted by molar-refractivity contribution is -0.137. The van der Waals surface area contributed by atoms with Gasteiger partial charge in [-0.15, -0.1) is 0 Å². The van der Waals surface area contributed by atoms with Crippen molar-refractivity contribution in [1.29, 1.82) is 0 Å². The number of carbonyl (C=O) groups is 2. The molecule has 162 valence electrons. The van der Waals surface area contributed by atoms with Crippen LogP contribution in [0.3, 0.4) is 0 Å². The number of rotatable bonds is 6. The van der Waals surface area contributed by atoms with Gasteiger partial charge in [0.1, 0.15) is 6.04 Å². The molecule has 2 N–H and O–H groups in total. The highest BCUT2D eigenvalue weighted by Crippen LogP contribution is 2.35. The zero-order valence-electron chi connectivity index (χ0n) is 16.4. The van der Waals surface area contributed by atoms with E-state index in [1.807, 2.05) is 0 Å². The molecule has 2 aromatic carbocycles. The largest absolute Gasteiger partial charge is 0.417 e. The standard InChI is InChI=1S/C22H18ClF3N2O3/c1-12(20(27)30)28-10-9-14-15(3-2-4-16(14)21(28)31)19(29)8-6-13-5-7-18(23)17(11-13)22(24,25)26/h2-5,7,9-12H,6,8H2,1H3,(H2,27,30)/t12-/m0/s1. The van der Waals surface area contributed by atoms with Crippen LogP contribution in [-0.2, 0) is 17.4 Å². The summed E-state index contributed by atoms with van der Waals surface area (Å²) in [5.41, 5.74) is 4.45. The number of fused-ring (bicyclic) bond motifs is 1. The summed E-state index contributed by atoms with van der Waals surface area (Å²) >= 11 is 5.63. The lowest BCUT2D eigenvalue weighted by atomic mass is 9.97. The molecule has 0 spiro atoms. The molecule has 0 saturated carbocycles. The van der Waals surface area contributed by atoms with Gasteiger partial charge in [0, 0.05) is 23.6 Å². The van der Waals surface area contributed by atoms with Crippen LogP contribution in [0, 0.1) is 0 Å². The highest BCUT2D eigenvalue weighted by atomic mass is 35.5. The Kier molecular flexibility index (Phi) is 6.22. The molecule has 31 heavy (non-hydrogen) atoms. The summed E-state index contributed by atoms with van der Waals surface area (Å²) in [7, 11) is 0. The first-order valence-corrected chi connectivity index (χ1v) is 9.70. The molecular formula is C22H18ClF3N2O3. The van der Waals surface area contributed by atoms with Gasteiger partial charge in [0.15, 0.2) is 5.78 Å². The number of pyridine rings is 1. The number of Topliss-reactive ketones (excluding diaryl/α,β-unsaturated/α-hetero) is 1. The summed E-state index contributed by atoms with van der Waals surface area (Å²) < 4.78 is 40.3. The van der Waals surface area contributed by atoms with Gasteiger partial charge in [-0.25, -0.2) is 0 Å².